The standard InChI is InChI=1S/C16H20N2O2S/c1-4-12-7-5-6-10(2)15(12)18-16-17-11(3)13(21-16)8-9-14(19)20/h5-7H,4,8-9H2,1-3H3,(H,17,18)(H,19,20). The van der Waals surface area contributed by atoms with Crippen LogP contribution in [0.1, 0.15) is 35.0 Å². The Balaban J connectivity index is 2.21. The third-order valence-corrected chi connectivity index (χ3v) is 4.56. The Morgan fingerprint density at radius 1 is 1.38 bits per heavy atom. The summed E-state index contributed by atoms with van der Waals surface area (Å²) in [5.74, 6) is -0.774. The van der Waals surface area contributed by atoms with Gasteiger partial charge in [-0.25, -0.2) is 4.98 Å². The normalized spacial score (nSPS) is 10.6. The van der Waals surface area contributed by atoms with Crippen molar-refractivity contribution in [2.75, 3.05) is 5.32 Å². The lowest BCUT2D eigenvalue weighted by atomic mass is 10.1. The molecule has 0 spiro atoms. The number of carbonyl (C=O) groups is 1. The molecule has 0 bridgehead atoms. The van der Waals surface area contributed by atoms with Gasteiger partial charge in [0.2, 0.25) is 0 Å². The third-order valence-electron chi connectivity index (χ3n) is 3.43. The van der Waals surface area contributed by atoms with Crippen molar-refractivity contribution < 1.29 is 9.90 Å². The van der Waals surface area contributed by atoms with E-state index in [1.807, 2.05) is 6.92 Å². The number of hydrogen-bond donors (Lipinski definition) is 2. The van der Waals surface area contributed by atoms with Crippen LogP contribution in [-0.2, 0) is 17.6 Å². The first-order chi connectivity index (χ1) is 10.0. The second kappa shape index (κ2) is 6.72. The molecule has 0 saturated heterocycles. The number of para-hydroxylation sites is 1. The first-order valence-corrected chi connectivity index (χ1v) is 7.86. The maximum absolute atomic E-state index is 10.7. The molecule has 21 heavy (non-hydrogen) atoms. The highest BCUT2D eigenvalue weighted by atomic mass is 32.1. The van der Waals surface area contributed by atoms with Crippen molar-refractivity contribution in [2.45, 2.75) is 40.0 Å². The van der Waals surface area contributed by atoms with Crippen LogP contribution in [-0.4, -0.2) is 16.1 Å². The Bertz CT molecular complexity index is 650. The molecule has 0 amide bonds. The fraction of sp³-hybridized carbons (Fsp3) is 0.375. The number of thiazole rings is 1. The number of hydrogen-bond acceptors (Lipinski definition) is 4. The van der Waals surface area contributed by atoms with E-state index in [1.165, 1.54) is 22.5 Å². The van der Waals surface area contributed by atoms with Crippen molar-refractivity contribution in [1.29, 1.82) is 0 Å². The van der Waals surface area contributed by atoms with Gasteiger partial charge in [0.25, 0.3) is 0 Å². The summed E-state index contributed by atoms with van der Waals surface area (Å²) < 4.78 is 0. The lowest BCUT2D eigenvalue weighted by Gasteiger charge is -2.11. The van der Waals surface area contributed by atoms with Crippen molar-refractivity contribution in [3.8, 4) is 0 Å². The van der Waals surface area contributed by atoms with Crippen LogP contribution >= 0.6 is 11.3 Å². The molecule has 2 rings (SSSR count). The Kier molecular flexibility index (Phi) is 4.96. The van der Waals surface area contributed by atoms with E-state index in [0.29, 0.717) is 6.42 Å². The summed E-state index contributed by atoms with van der Waals surface area (Å²) in [5.41, 5.74) is 4.47. The van der Waals surface area contributed by atoms with Crippen LogP contribution in [0.4, 0.5) is 10.8 Å². The molecular weight excluding hydrogens is 284 g/mol. The topological polar surface area (TPSA) is 62.2 Å². The quantitative estimate of drug-likeness (QED) is 0.844. The molecule has 2 N–H and O–H groups in total. The van der Waals surface area contributed by atoms with E-state index < -0.39 is 5.97 Å². The Labute approximate surface area is 128 Å². The van der Waals surface area contributed by atoms with Crippen molar-refractivity contribution in [2.24, 2.45) is 0 Å². The molecule has 0 fully saturated rings. The molecule has 0 unspecified atom stereocenters. The fourth-order valence-corrected chi connectivity index (χ4v) is 3.21. The number of anilines is 2. The van der Waals surface area contributed by atoms with Crippen LogP contribution in [0.15, 0.2) is 18.2 Å². The Morgan fingerprint density at radius 2 is 2.14 bits per heavy atom. The summed E-state index contributed by atoms with van der Waals surface area (Å²) in [7, 11) is 0. The molecule has 0 radical (unpaired) electrons. The van der Waals surface area contributed by atoms with Crippen LogP contribution in [0.25, 0.3) is 0 Å². The number of benzene rings is 1. The van der Waals surface area contributed by atoms with Gasteiger partial charge in [-0.05, 0) is 37.8 Å². The van der Waals surface area contributed by atoms with E-state index in [0.717, 1.165) is 27.8 Å². The van der Waals surface area contributed by atoms with Gasteiger partial charge in [0.1, 0.15) is 0 Å². The predicted octanol–water partition coefficient (Wildman–Crippen LogP) is 4.08. The number of nitrogens with one attached hydrogen (secondary N) is 1. The van der Waals surface area contributed by atoms with Crippen LogP contribution in [0.5, 0.6) is 0 Å². The zero-order valence-corrected chi connectivity index (χ0v) is 13.4. The molecule has 0 aliphatic carbocycles. The number of carboxylic acids is 1. The summed E-state index contributed by atoms with van der Waals surface area (Å²) in [6.07, 6.45) is 1.64. The number of aromatic nitrogens is 1. The molecule has 1 heterocycles. The van der Waals surface area contributed by atoms with Crippen molar-refractivity contribution in [3.05, 3.63) is 39.9 Å². The molecule has 4 nitrogen and oxygen atoms in total. The number of aryl methyl sites for hydroxylation is 4. The molecule has 112 valence electrons. The van der Waals surface area contributed by atoms with Crippen LogP contribution in [0.3, 0.4) is 0 Å². The van der Waals surface area contributed by atoms with Crippen LogP contribution in [0.2, 0.25) is 0 Å². The highest BCUT2D eigenvalue weighted by Crippen LogP contribution is 2.30. The van der Waals surface area contributed by atoms with Crippen LogP contribution in [0, 0.1) is 13.8 Å². The zero-order chi connectivity index (χ0) is 15.4. The number of aliphatic carboxylic acids is 1. The second-order valence-electron chi connectivity index (χ2n) is 5.01. The van der Waals surface area contributed by atoms with Gasteiger partial charge in [-0.2, -0.15) is 0 Å². The highest BCUT2D eigenvalue weighted by Gasteiger charge is 2.11. The van der Waals surface area contributed by atoms with Gasteiger partial charge in [0.15, 0.2) is 5.13 Å². The van der Waals surface area contributed by atoms with E-state index in [-0.39, 0.29) is 6.42 Å². The predicted molar refractivity (Wildman–Crippen MR) is 86.6 cm³/mol. The lowest BCUT2D eigenvalue weighted by molar-refractivity contribution is -0.136. The Hall–Kier alpha value is -1.88. The summed E-state index contributed by atoms with van der Waals surface area (Å²) in [5, 5.41) is 13.0. The smallest absolute Gasteiger partial charge is 0.303 e. The minimum Gasteiger partial charge on any atom is -0.481 e. The van der Waals surface area contributed by atoms with Gasteiger partial charge < -0.3 is 10.4 Å². The van der Waals surface area contributed by atoms with Gasteiger partial charge in [0, 0.05) is 10.6 Å². The average Bonchev–Trinajstić information content (AvgIpc) is 2.79. The van der Waals surface area contributed by atoms with Gasteiger partial charge in [0.05, 0.1) is 12.1 Å². The van der Waals surface area contributed by atoms with Crippen molar-refractivity contribution >= 4 is 28.1 Å². The van der Waals surface area contributed by atoms with E-state index >= 15 is 0 Å². The number of rotatable bonds is 6. The Morgan fingerprint density at radius 3 is 2.81 bits per heavy atom. The first-order valence-electron chi connectivity index (χ1n) is 7.04. The number of carboxylic acid groups (broad SMARTS) is 1. The summed E-state index contributed by atoms with van der Waals surface area (Å²) in [6.45, 7) is 6.14. The molecule has 2 aromatic rings. The van der Waals surface area contributed by atoms with Crippen molar-refractivity contribution in [1.82, 2.24) is 4.98 Å². The van der Waals surface area contributed by atoms with E-state index in [2.05, 4.69) is 42.3 Å². The lowest BCUT2D eigenvalue weighted by Crippen LogP contribution is -1.97. The molecular formula is C16H20N2O2S. The monoisotopic (exact) mass is 304 g/mol. The SMILES string of the molecule is CCc1cccc(C)c1Nc1nc(C)c(CCC(=O)O)s1. The molecule has 0 aliphatic rings. The first kappa shape index (κ1) is 15.5. The molecule has 1 aromatic carbocycles. The zero-order valence-electron chi connectivity index (χ0n) is 12.6. The van der Waals surface area contributed by atoms with Gasteiger partial charge >= 0.3 is 5.97 Å². The largest absolute Gasteiger partial charge is 0.481 e. The molecule has 0 saturated carbocycles. The average molecular weight is 304 g/mol. The van der Waals surface area contributed by atoms with Gasteiger partial charge in [-0.3, -0.25) is 4.79 Å². The molecule has 0 atom stereocenters. The minimum atomic E-state index is -0.774. The summed E-state index contributed by atoms with van der Waals surface area (Å²) >= 11 is 1.54. The maximum Gasteiger partial charge on any atom is 0.303 e. The summed E-state index contributed by atoms with van der Waals surface area (Å²) in [6, 6.07) is 6.25. The highest BCUT2D eigenvalue weighted by molar-refractivity contribution is 7.15. The minimum absolute atomic E-state index is 0.146. The van der Waals surface area contributed by atoms with Gasteiger partial charge in [-0.1, -0.05) is 25.1 Å². The van der Waals surface area contributed by atoms with E-state index in [4.69, 9.17) is 5.11 Å². The fourth-order valence-electron chi connectivity index (χ4n) is 2.24. The molecule has 0 aliphatic heterocycles. The van der Waals surface area contributed by atoms with Gasteiger partial charge in [-0.15, -0.1) is 11.3 Å². The maximum atomic E-state index is 10.7. The second-order valence-corrected chi connectivity index (χ2v) is 6.09. The number of nitrogens with zero attached hydrogens (tertiary/aromatic N) is 1. The van der Waals surface area contributed by atoms with E-state index in [9.17, 15) is 4.79 Å². The van der Waals surface area contributed by atoms with E-state index in [1.54, 1.807) is 0 Å². The third kappa shape index (κ3) is 3.82. The van der Waals surface area contributed by atoms with Crippen molar-refractivity contribution in [3.63, 3.8) is 0 Å². The molecule has 1 aromatic heterocycles. The van der Waals surface area contributed by atoms with Crippen LogP contribution < -0.4 is 5.32 Å². The summed E-state index contributed by atoms with van der Waals surface area (Å²) in [4.78, 5) is 16.2. The molecule has 5 heteroatoms.